The number of nitrogens with one attached hydrogen (secondary N) is 1. The predicted octanol–water partition coefficient (Wildman–Crippen LogP) is 2.38. The second-order valence-corrected chi connectivity index (χ2v) is 5.76. The third kappa shape index (κ3) is 3.66. The molecular weight excluding hydrogens is 252 g/mol. The number of hydrogen-bond acceptors (Lipinski definition) is 3. The normalized spacial score (nSPS) is 11.3. The SMILES string of the molecule is CC(C)(C)c1cn(C(=O)NCCc2cccnc2)cn1. The van der Waals surface area contributed by atoms with Crippen molar-refractivity contribution in [2.75, 3.05) is 6.54 Å². The number of carbonyl (C=O) groups excluding carboxylic acids is 1. The summed E-state index contributed by atoms with van der Waals surface area (Å²) in [4.78, 5) is 20.3. The van der Waals surface area contributed by atoms with Gasteiger partial charge in [0.2, 0.25) is 0 Å². The Hall–Kier alpha value is -2.17. The first kappa shape index (κ1) is 14.2. The average Bonchev–Trinajstić information content (AvgIpc) is 2.89. The van der Waals surface area contributed by atoms with Gasteiger partial charge in [0, 0.05) is 30.6 Å². The molecule has 0 radical (unpaired) electrons. The molecule has 0 aromatic carbocycles. The fourth-order valence-corrected chi connectivity index (χ4v) is 1.77. The maximum atomic E-state index is 12.0. The Morgan fingerprint density at radius 1 is 1.40 bits per heavy atom. The molecule has 0 aliphatic rings. The Morgan fingerprint density at radius 2 is 2.20 bits per heavy atom. The van der Waals surface area contributed by atoms with Gasteiger partial charge in [-0.05, 0) is 18.1 Å². The molecule has 1 amide bonds. The molecule has 0 spiro atoms. The number of nitrogens with zero attached hydrogens (tertiary/aromatic N) is 3. The lowest BCUT2D eigenvalue weighted by Gasteiger charge is -2.14. The van der Waals surface area contributed by atoms with Gasteiger partial charge in [0.15, 0.2) is 0 Å². The number of hydrogen-bond donors (Lipinski definition) is 1. The largest absolute Gasteiger partial charge is 0.337 e. The zero-order valence-corrected chi connectivity index (χ0v) is 12.1. The van der Waals surface area contributed by atoms with E-state index in [0.717, 1.165) is 17.7 Å². The number of aromatic nitrogens is 3. The monoisotopic (exact) mass is 272 g/mol. The number of rotatable bonds is 3. The van der Waals surface area contributed by atoms with Gasteiger partial charge in [-0.3, -0.25) is 9.55 Å². The minimum absolute atomic E-state index is 0.0543. The van der Waals surface area contributed by atoms with Gasteiger partial charge >= 0.3 is 6.03 Å². The molecule has 0 saturated heterocycles. The summed E-state index contributed by atoms with van der Waals surface area (Å²) in [5.74, 6) is 0. The molecule has 1 N–H and O–H groups in total. The molecule has 5 heteroatoms. The lowest BCUT2D eigenvalue weighted by atomic mass is 9.93. The van der Waals surface area contributed by atoms with E-state index in [1.54, 1.807) is 24.9 Å². The van der Waals surface area contributed by atoms with Crippen molar-refractivity contribution in [3.05, 3.63) is 48.3 Å². The minimum Gasteiger partial charge on any atom is -0.337 e. The van der Waals surface area contributed by atoms with Crippen molar-refractivity contribution >= 4 is 6.03 Å². The molecule has 2 aromatic heterocycles. The molecule has 0 fully saturated rings. The van der Waals surface area contributed by atoms with E-state index in [4.69, 9.17) is 0 Å². The van der Waals surface area contributed by atoms with E-state index in [1.165, 1.54) is 4.57 Å². The van der Waals surface area contributed by atoms with E-state index in [-0.39, 0.29) is 11.4 Å². The molecule has 0 aliphatic carbocycles. The molecule has 2 aromatic rings. The van der Waals surface area contributed by atoms with Crippen molar-refractivity contribution in [2.45, 2.75) is 32.6 Å². The number of amides is 1. The van der Waals surface area contributed by atoms with Crippen LogP contribution in [0.5, 0.6) is 0 Å². The van der Waals surface area contributed by atoms with Crippen LogP contribution in [0.2, 0.25) is 0 Å². The van der Waals surface area contributed by atoms with Crippen LogP contribution in [0, 0.1) is 0 Å². The average molecular weight is 272 g/mol. The molecule has 0 saturated carbocycles. The first-order valence-electron chi connectivity index (χ1n) is 6.68. The fourth-order valence-electron chi connectivity index (χ4n) is 1.77. The lowest BCUT2D eigenvalue weighted by Crippen LogP contribution is -2.29. The zero-order valence-electron chi connectivity index (χ0n) is 12.1. The Bertz CT molecular complexity index is 569. The van der Waals surface area contributed by atoms with Gasteiger partial charge in [0.25, 0.3) is 0 Å². The summed E-state index contributed by atoms with van der Waals surface area (Å²) in [6.07, 6.45) is 7.64. The third-order valence-corrected chi connectivity index (χ3v) is 3.00. The lowest BCUT2D eigenvalue weighted by molar-refractivity contribution is 0.242. The fraction of sp³-hybridized carbons (Fsp3) is 0.400. The molecule has 0 aliphatic heterocycles. The van der Waals surface area contributed by atoms with Gasteiger partial charge < -0.3 is 5.32 Å². The number of carbonyl (C=O) groups is 1. The highest BCUT2D eigenvalue weighted by atomic mass is 16.2. The van der Waals surface area contributed by atoms with Crippen LogP contribution in [0.15, 0.2) is 37.1 Å². The van der Waals surface area contributed by atoms with Crippen molar-refractivity contribution in [3.63, 3.8) is 0 Å². The topological polar surface area (TPSA) is 59.8 Å². The molecule has 2 heterocycles. The molecule has 20 heavy (non-hydrogen) atoms. The Kier molecular flexibility index (Phi) is 4.17. The van der Waals surface area contributed by atoms with E-state index in [1.807, 2.05) is 12.1 Å². The van der Waals surface area contributed by atoms with Crippen LogP contribution < -0.4 is 5.32 Å². The van der Waals surface area contributed by atoms with Crippen LogP contribution in [0.1, 0.15) is 32.0 Å². The standard InChI is InChI=1S/C15H20N4O/c1-15(2,3)13-10-19(11-18-13)14(20)17-8-6-12-5-4-7-16-9-12/h4-5,7,9-11H,6,8H2,1-3H3,(H,17,20). The van der Waals surface area contributed by atoms with Crippen LogP contribution in [-0.2, 0) is 11.8 Å². The molecule has 2 rings (SSSR count). The second-order valence-electron chi connectivity index (χ2n) is 5.76. The van der Waals surface area contributed by atoms with E-state index < -0.39 is 0 Å². The Labute approximate surface area is 119 Å². The maximum Gasteiger partial charge on any atom is 0.326 e. The molecule has 0 atom stereocenters. The van der Waals surface area contributed by atoms with Crippen molar-refractivity contribution in [1.29, 1.82) is 0 Å². The van der Waals surface area contributed by atoms with E-state index in [9.17, 15) is 4.79 Å². The van der Waals surface area contributed by atoms with Gasteiger partial charge in [-0.25, -0.2) is 9.78 Å². The van der Waals surface area contributed by atoms with Gasteiger partial charge in [0.05, 0.1) is 5.69 Å². The summed E-state index contributed by atoms with van der Waals surface area (Å²) >= 11 is 0. The van der Waals surface area contributed by atoms with Crippen LogP contribution in [0.25, 0.3) is 0 Å². The number of pyridine rings is 1. The number of imidazole rings is 1. The first-order chi connectivity index (χ1) is 9.47. The Balaban J connectivity index is 1.88. The van der Waals surface area contributed by atoms with Crippen molar-refractivity contribution in [1.82, 2.24) is 19.9 Å². The van der Waals surface area contributed by atoms with Gasteiger partial charge in [0.1, 0.15) is 6.33 Å². The molecule has 0 bridgehead atoms. The maximum absolute atomic E-state index is 12.0. The molecule has 106 valence electrons. The summed E-state index contributed by atoms with van der Waals surface area (Å²) in [5, 5.41) is 2.87. The summed E-state index contributed by atoms with van der Waals surface area (Å²) in [6, 6.07) is 3.73. The van der Waals surface area contributed by atoms with Crippen molar-refractivity contribution in [2.24, 2.45) is 0 Å². The van der Waals surface area contributed by atoms with Gasteiger partial charge in [-0.2, -0.15) is 0 Å². The van der Waals surface area contributed by atoms with Gasteiger partial charge in [-0.1, -0.05) is 26.8 Å². The van der Waals surface area contributed by atoms with E-state index >= 15 is 0 Å². The highest BCUT2D eigenvalue weighted by Gasteiger charge is 2.17. The summed E-state index contributed by atoms with van der Waals surface area (Å²) < 4.78 is 1.49. The van der Waals surface area contributed by atoms with E-state index in [2.05, 4.69) is 36.1 Å². The first-order valence-corrected chi connectivity index (χ1v) is 6.68. The van der Waals surface area contributed by atoms with Crippen LogP contribution >= 0.6 is 0 Å². The summed E-state index contributed by atoms with van der Waals surface area (Å²) in [7, 11) is 0. The molecule has 0 unspecified atom stereocenters. The van der Waals surface area contributed by atoms with Crippen LogP contribution in [-0.4, -0.2) is 27.1 Å². The molecular formula is C15H20N4O. The van der Waals surface area contributed by atoms with Crippen LogP contribution in [0.3, 0.4) is 0 Å². The second kappa shape index (κ2) is 5.86. The summed E-state index contributed by atoms with van der Waals surface area (Å²) in [5.41, 5.74) is 1.95. The Morgan fingerprint density at radius 3 is 2.80 bits per heavy atom. The zero-order chi connectivity index (χ0) is 14.6. The quantitative estimate of drug-likeness (QED) is 0.933. The van der Waals surface area contributed by atoms with Crippen molar-refractivity contribution < 1.29 is 4.79 Å². The van der Waals surface area contributed by atoms with Crippen LogP contribution in [0.4, 0.5) is 4.79 Å². The molecule has 5 nitrogen and oxygen atoms in total. The minimum atomic E-state index is -0.156. The van der Waals surface area contributed by atoms with Crippen molar-refractivity contribution in [3.8, 4) is 0 Å². The third-order valence-electron chi connectivity index (χ3n) is 3.00. The van der Waals surface area contributed by atoms with E-state index in [0.29, 0.717) is 6.54 Å². The highest BCUT2D eigenvalue weighted by Crippen LogP contribution is 2.19. The predicted molar refractivity (Wildman–Crippen MR) is 77.7 cm³/mol. The summed E-state index contributed by atoms with van der Waals surface area (Å²) in [6.45, 7) is 6.79. The van der Waals surface area contributed by atoms with Gasteiger partial charge in [-0.15, -0.1) is 0 Å². The highest BCUT2D eigenvalue weighted by molar-refractivity contribution is 5.76. The smallest absolute Gasteiger partial charge is 0.326 e.